The molecule has 3 rings (SSSR count). The van der Waals surface area contributed by atoms with Crippen LogP contribution in [0.25, 0.3) is 0 Å². The molecule has 1 aliphatic rings. The molecule has 174 valence electrons. The molecule has 0 aliphatic carbocycles. The molecule has 0 amide bonds. The van der Waals surface area contributed by atoms with E-state index in [9.17, 15) is 13.2 Å². The van der Waals surface area contributed by atoms with Crippen molar-refractivity contribution in [2.75, 3.05) is 50.8 Å². The number of hydrogen-bond acceptors (Lipinski definition) is 7. The topological polar surface area (TPSA) is 91.8 Å². The van der Waals surface area contributed by atoms with Crippen LogP contribution in [0.1, 0.15) is 35.7 Å². The third-order valence-electron chi connectivity index (χ3n) is 5.47. The highest BCUT2D eigenvalue weighted by Crippen LogP contribution is 2.15. The summed E-state index contributed by atoms with van der Waals surface area (Å²) in [6.45, 7) is 6.27. The number of benzene rings is 1. The number of nitrogens with one attached hydrogen (secondary N) is 1. The quantitative estimate of drug-likeness (QED) is 0.384. The molecule has 1 aliphatic heterocycles. The molecule has 9 heteroatoms. The molecule has 1 N–H and O–H groups in total. The van der Waals surface area contributed by atoms with E-state index in [2.05, 4.69) is 19.5 Å². The number of piperazine rings is 1. The van der Waals surface area contributed by atoms with E-state index in [4.69, 9.17) is 4.18 Å². The smallest absolute Gasteiger partial charge is 0.335 e. The van der Waals surface area contributed by atoms with Gasteiger partial charge in [0.25, 0.3) is 0 Å². The SMILES string of the molecule is CCCCOS(=O)(=O)NCCc1ccc(C(=O)CN2CCN(c3ccncc3)CC2)cc1. The van der Waals surface area contributed by atoms with Crippen LogP contribution in [0.5, 0.6) is 0 Å². The molecule has 8 nitrogen and oxygen atoms in total. The highest BCUT2D eigenvalue weighted by Gasteiger charge is 2.20. The summed E-state index contributed by atoms with van der Waals surface area (Å²) < 4.78 is 30.8. The number of ketones is 1. The molecule has 0 bridgehead atoms. The second kappa shape index (κ2) is 12.1. The van der Waals surface area contributed by atoms with Crippen molar-refractivity contribution in [2.45, 2.75) is 26.2 Å². The summed E-state index contributed by atoms with van der Waals surface area (Å²) in [6.07, 6.45) is 5.71. The van der Waals surface area contributed by atoms with E-state index >= 15 is 0 Å². The molecule has 0 spiro atoms. The zero-order chi connectivity index (χ0) is 22.8. The van der Waals surface area contributed by atoms with Crippen molar-refractivity contribution < 1.29 is 17.4 Å². The lowest BCUT2D eigenvalue weighted by Gasteiger charge is -2.35. The van der Waals surface area contributed by atoms with Gasteiger partial charge in [-0.3, -0.25) is 18.9 Å². The number of aromatic nitrogens is 1. The molecule has 0 atom stereocenters. The Labute approximate surface area is 190 Å². The molecule has 1 fully saturated rings. The predicted molar refractivity (Wildman–Crippen MR) is 125 cm³/mol. The number of nitrogens with zero attached hydrogens (tertiary/aromatic N) is 3. The van der Waals surface area contributed by atoms with E-state index in [-0.39, 0.29) is 18.9 Å². The fourth-order valence-electron chi connectivity index (χ4n) is 3.55. The molecule has 0 unspecified atom stereocenters. The van der Waals surface area contributed by atoms with Gasteiger partial charge in [0.15, 0.2) is 5.78 Å². The van der Waals surface area contributed by atoms with Crippen LogP contribution in [0.4, 0.5) is 5.69 Å². The number of unbranched alkanes of at least 4 members (excludes halogenated alkanes) is 1. The van der Waals surface area contributed by atoms with Gasteiger partial charge in [0.05, 0.1) is 13.2 Å². The van der Waals surface area contributed by atoms with E-state index in [1.54, 1.807) is 12.4 Å². The molecule has 2 heterocycles. The average Bonchev–Trinajstić information content (AvgIpc) is 2.80. The standard InChI is InChI=1S/C23H32N4O4S/c1-2-3-18-31-32(29,30)25-13-8-20-4-6-21(7-5-20)23(28)19-26-14-16-27(17-15-26)22-9-11-24-12-10-22/h4-7,9-12,25H,2-3,8,13-19H2,1H3. The van der Waals surface area contributed by atoms with E-state index < -0.39 is 10.3 Å². The second-order valence-electron chi connectivity index (χ2n) is 7.86. The minimum absolute atomic E-state index is 0.0962. The van der Waals surface area contributed by atoms with Crippen molar-refractivity contribution in [3.63, 3.8) is 0 Å². The fourth-order valence-corrected chi connectivity index (χ4v) is 4.32. The maximum absolute atomic E-state index is 12.7. The summed E-state index contributed by atoms with van der Waals surface area (Å²) in [6, 6.07) is 11.4. The van der Waals surface area contributed by atoms with Gasteiger partial charge in [0, 0.05) is 56.4 Å². The minimum atomic E-state index is -3.70. The van der Waals surface area contributed by atoms with E-state index in [0.717, 1.165) is 43.9 Å². The Balaban J connectivity index is 1.40. The molecule has 1 saturated heterocycles. The molecule has 1 aromatic carbocycles. The summed E-state index contributed by atoms with van der Waals surface area (Å²) in [4.78, 5) is 21.2. The summed E-state index contributed by atoms with van der Waals surface area (Å²) in [5.74, 6) is 0.0962. The van der Waals surface area contributed by atoms with Gasteiger partial charge in [0.1, 0.15) is 0 Å². The lowest BCUT2D eigenvalue weighted by molar-refractivity contribution is 0.0926. The van der Waals surface area contributed by atoms with Crippen LogP contribution >= 0.6 is 0 Å². The minimum Gasteiger partial charge on any atom is -0.369 e. The first-order valence-electron chi connectivity index (χ1n) is 11.1. The van der Waals surface area contributed by atoms with Gasteiger partial charge in [-0.2, -0.15) is 13.1 Å². The molecular weight excluding hydrogens is 428 g/mol. The van der Waals surface area contributed by atoms with Crippen LogP contribution in [0, 0.1) is 0 Å². The number of hydrogen-bond donors (Lipinski definition) is 1. The second-order valence-corrected chi connectivity index (χ2v) is 9.30. The first-order valence-corrected chi connectivity index (χ1v) is 12.5. The van der Waals surface area contributed by atoms with Gasteiger partial charge in [-0.1, -0.05) is 37.6 Å². The fraction of sp³-hybridized carbons (Fsp3) is 0.478. The molecule has 32 heavy (non-hydrogen) atoms. The van der Waals surface area contributed by atoms with Crippen LogP contribution in [-0.4, -0.2) is 70.0 Å². The number of rotatable bonds is 12. The Morgan fingerprint density at radius 2 is 1.75 bits per heavy atom. The van der Waals surface area contributed by atoms with Crippen molar-refractivity contribution >= 4 is 21.8 Å². The van der Waals surface area contributed by atoms with Crippen molar-refractivity contribution in [3.05, 3.63) is 59.9 Å². The zero-order valence-corrected chi connectivity index (χ0v) is 19.4. The van der Waals surface area contributed by atoms with Gasteiger partial charge < -0.3 is 4.90 Å². The Morgan fingerprint density at radius 3 is 2.41 bits per heavy atom. The van der Waals surface area contributed by atoms with Gasteiger partial charge in [-0.05, 0) is 30.5 Å². The van der Waals surface area contributed by atoms with Crippen LogP contribution in [0.2, 0.25) is 0 Å². The number of carbonyl (C=O) groups excluding carboxylic acids is 1. The normalized spacial score (nSPS) is 15.1. The number of anilines is 1. The molecular formula is C23H32N4O4S. The van der Waals surface area contributed by atoms with E-state index in [1.807, 2.05) is 43.3 Å². The maximum Gasteiger partial charge on any atom is 0.335 e. The highest BCUT2D eigenvalue weighted by atomic mass is 32.2. The van der Waals surface area contributed by atoms with Crippen molar-refractivity contribution in [1.29, 1.82) is 0 Å². The van der Waals surface area contributed by atoms with Crippen molar-refractivity contribution in [2.24, 2.45) is 0 Å². The van der Waals surface area contributed by atoms with Crippen LogP contribution in [-0.2, 0) is 20.9 Å². The zero-order valence-electron chi connectivity index (χ0n) is 18.6. The predicted octanol–water partition coefficient (Wildman–Crippen LogP) is 2.28. The number of carbonyl (C=O) groups is 1. The molecule has 0 radical (unpaired) electrons. The lowest BCUT2D eigenvalue weighted by Crippen LogP contribution is -2.48. The summed E-state index contributed by atoms with van der Waals surface area (Å²) in [7, 11) is -3.70. The van der Waals surface area contributed by atoms with Gasteiger partial charge in [-0.15, -0.1) is 0 Å². The third-order valence-corrected chi connectivity index (χ3v) is 6.51. The van der Waals surface area contributed by atoms with E-state index in [0.29, 0.717) is 24.9 Å². The molecule has 2 aromatic rings. The summed E-state index contributed by atoms with van der Waals surface area (Å²) in [5.41, 5.74) is 2.80. The maximum atomic E-state index is 12.7. The Bertz CT molecular complexity index is 944. The first-order chi connectivity index (χ1) is 15.5. The molecule has 1 aromatic heterocycles. The van der Waals surface area contributed by atoms with Crippen LogP contribution < -0.4 is 9.62 Å². The van der Waals surface area contributed by atoms with Gasteiger partial charge in [-0.25, -0.2) is 0 Å². The number of pyridine rings is 1. The highest BCUT2D eigenvalue weighted by molar-refractivity contribution is 7.84. The third kappa shape index (κ3) is 7.67. The molecule has 0 saturated carbocycles. The van der Waals surface area contributed by atoms with Gasteiger partial charge >= 0.3 is 10.3 Å². The summed E-state index contributed by atoms with van der Waals surface area (Å²) in [5, 5.41) is 0. The number of Topliss-reactive ketones (excluding diaryl/α,β-unsaturated/α-hetero) is 1. The largest absolute Gasteiger partial charge is 0.369 e. The Kier molecular flexibility index (Phi) is 9.16. The van der Waals surface area contributed by atoms with Crippen LogP contribution in [0.3, 0.4) is 0 Å². The lowest BCUT2D eigenvalue weighted by atomic mass is 10.1. The van der Waals surface area contributed by atoms with E-state index in [1.165, 1.54) is 0 Å². The van der Waals surface area contributed by atoms with Gasteiger partial charge in [0.2, 0.25) is 0 Å². The summed E-state index contributed by atoms with van der Waals surface area (Å²) >= 11 is 0. The first kappa shape index (κ1) is 24.3. The Hall–Kier alpha value is -2.33. The monoisotopic (exact) mass is 460 g/mol. The average molecular weight is 461 g/mol. The Morgan fingerprint density at radius 1 is 1.06 bits per heavy atom. The van der Waals surface area contributed by atoms with Crippen molar-refractivity contribution in [3.8, 4) is 0 Å². The van der Waals surface area contributed by atoms with Crippen molar-refractivity contribution in [1.82, 2.24) is 14.6 Å². The van der Waals surface area contributed by atoms with Crippen LogP contribution in [0.15, 0.2) is 48.8 Å².